The van der Waals surface area contributed by atoms with E-state index >= 15 is 0 Å². The molecule has 170 valence electrons. The van der Waals surface area contributed by atoms with Crippen molar-refractivity contribution in [1.29, 1.82) is 0 Å². The Morgan fingerprint density at radius 1 is 1.12 bits per heavy atom. The molecule has 0 radical (unpaired) electrons. The predicted octanol–water partition coefficient (Wildman–Crippen LogP) is 1.59. The lowest BCUT2D eigenvalue weighted by atomic mass is 10.0. The Kier molecular flexibility index (Phi) is 7.03. The van der Waals surface area contributed by atoms with Crippen molar-refractivity contribution in [3.8, 4) is 5.75 Å². The van der Waals surface area contributed by atoms with Gasteiger partial charge in [-0.05, 0) is 25.0 Å². The first-order chi connectivity index (χ1) is 15.6. The number of nitrogens with zero attached hydrogens (tertiary/aromatic N) is 5. The van der Waals surface area contributed by atoms with Crippen molar-refractivity contribution in [2.24, 2.45) is 4.99 Å². The molecule has 32 heavy (non-hydrogen) atoms. The number of rotatable bonds is 5. The molecule has 2 aromatic rings. The average molecular weight is 438 g/mol. The van der Waals surface area contributed by atoms with Crippen LogP contribution in [0.25, 0.3) is 0 Å². The highest BCUT2D eigenvalue weighted by atomic mass is 16.5. The van der Waals surface area contributed by atoms with E-state index in [-0.39, 0.29) is 24.5 Å². The minimum Gasteiger partial charge on any atom is -0.493 e. The molecule has 3 heterocycles. The Hall–Kier alpha value is -3.36. The molecule has 2 N–H and O–H groups in total. The van der Waals surface area contributed by atoms with Crippen molar-refractivity contribution in [2.75, 3.05) is 45.2 Å². The van der Waals surface area contributed by atoms with Gasteiger partial charge in [0.1, 0.15) is 12.3 Å². The summed E-state index contributed by atoms with van der Waals surface area (Å²) in [7, 11) is 3.49. The first-order valence-electron chi connectivity index (χ1n) is 11.1. The third-order valence-electron chi connectivity index (χ3n) is 5.81. The molecule has 9 heteroatoms. The second kappa shape index (κ2) is 10.3. The number of likely N-dealkylation sites (N-methyl/N-ethyl adjacent to an activating group) is 1. The van der Waals surface area contributed by atoms with Crippen LogP contribution >= 0.6 is 0 Å². The minimum atomic E-state index is -0.0328. The van der Waals surface area contributed by atoms with Crippen LogP contribution in [-0.2, 0) is 4.79 Å². The number of ether oxygens (including phenoxy) is 1. The number of para-hydroxylation sites is 1. The van der Waals surface area contributed by atoms with Crippen LogP contribution in [0.2, 0.25) is 0 Å². The van der Waals surface area contributed by atoms with Crippen molar-refractivity contribution in [1.82, 2.24) is 25.5 Å². The van der Waals surface area contributed by atoms with E-state index in [1.165, 1.54) is 0 Å². The van der Waals surface area contributed by atoms with Gasteiger partial charge in [0.15, 0.2) is 5.96 Å². The molecule has 1 aromatic carbocycles. The zero-order valence-electron chi connectivity index (χ0n) is 18.7. The van der Waals surface area contributed by atoms with E-state index in [4.69, 9.17) is 4.74 Å². The van der Waals surface area contributed by atoms with Crippen LogP contribution in [0.15, 0.2) is 47.7 Å². The largest absolute Gasteiger partial charge is 0.493 e. The summed E-state index contributed by atoms with van der Waals surface area (Å²) in [6.07, 6.45) is 6.25. The number of benzene rings is 1. The van der Waals surface area contributed by atoms with Gasteiger partial charge < -0.3 is 25.2 Å². The van der Waals surface area contributed by atoms with Gasteiger partial charge in [-0.25, -0.2) is 15.0 Å². The predicted molar refractivity (Wildman–Crippen MR) is 124 cm³/mol. The van der Waals surface area contributed by atoms with Crippen LogP contribution in [0.3, 0.4) is 0 Å². The summed E-state index contributed by atoms with van der Waals surface area (Å²) < 4.78 is 5.79. The molecular formula is C23H31N7O2. The van der Waals surface area contributed by atoms with Crippen molar-refractivity contribution in [2.45, 2.75) is 31.3 Å². The Balaban J connectivity index is 1.42. The Morgan fingerprint density at radius 2 is 1.88 bits per heavy atom. The average Bonchev–Trinajstić information content (AvgIpc) is 2.83. The number of anilines is 1. The molecule has 1 amide bonds. The molecule has 1 saturated heterocycles. The maximum Gasteiger partial charge on any atom is 0.243 e. The fraction of sp³-hybridized carbons (Fsp3) is 0.478. The van der Waals surface area contributed by atoms with E-state index in [1.54, 1.807) is 31.4 Å². The summed E-state index contributed by atoms with van der Waals surface area (Å²) in [6, 6.07) is 10.2. The summed E-state index contributed by atoms with van der Waals surface area (Å²) in [4.78, 5) is 29.2. The summed E-state index contributed by atoms with van der Waals surface area (Å²) in [5.41, 5.74) is 1.11. The molecule has 1 unspecified atom stereocenters. The topological polar surface area (TPSA) is 95.0 Å². The maximum atomic E-state index is 12.2. The molecule has 4 rings (SSSR count). The van der Waals surface area contributed by atoms with Crippen molar-refractivity contribution < 1.29 is 9.53 Å². The van der Waals surface area contributed by atoms with Gasteiger partial charge in [-0.1, -0.05) is 18.2 Å². The number of hydrogen-bond donors (Lipinski definition) is 2. The Labute approximate surface area is 188 Å². The number of aliphatic imine (C=N–C) groups is 1. The zero-order valence-corrected chi connectivity index (χ0v) is 18.7. The van der Waals surface area contributed by atoms with E-state index in [1.807, 2.05) is 24.3 Å². The Morgan fingerprint density at radius 3 is 2.62 bits per heavy atom. The minimum absolute atomic E-state index is 0.0328. The Bertz CT molecular complexity index is 927. The maximum absolute atomic E-state index is 12.2. The molecular weight excluding hydrogens is 406 g/mol. The monoisotopic (exact) mass is 437 g/mol. The van der Waals surface area contributed by atoms with Crippen LogP contribution in [0.1, 0.15) is 30.9 Å². The molecule has 2 aliphatic rings. The third kappa shape index (κ3) is 5.46. The van der Waals surface area contributed by atoms with E-state index in [2.05, 4.69) is 36.6 Å². The number of carbonyl (C=O) groups is 1. The molecule has 0 aliphatic carbocycles. The lowest BCUT2D eigenvalue weighted by Gasteiger charge is -2.34. The SMILES string of the molecule is CN(C)C(=O)CN=C(NC1CCN(c2ncccn2)CC1)NC1CCOc2ccccc21. The highest BCUT2D eigenvalue weighted by Crippen LogP contribution is 2.31. The second-order valence-corrected chi connectivity index (χ2v) is 8.28. The quantitative estimate of drug-likeness (QED) is 0.542. The van der Waals surface area contributed by atoms with E-state index < -0.39 is 0 Å². The third-order valence-corrected chi connectivity index (χ3v) is 5.81. The molecule has 0 bridgehead atoms. The van der Waals surface area contributed by atoms with Crippen LogP contribution in [-0.4, -0.2) is 73.1 Å². The zero-order chi connectivity index (χ0) is 22.3. The standard InChI is InChI=1S/C23H31N7O2/c1-29(2)21(31)16-26-22(28-19-10-15-32-20-7-4-3-6-18(19)20)27-17-8-13-30(14-9-17)23-24-11-5-12-25-23/h3-7,11-12,17,19H,8-10,13-16H2,1-2H3,(H2,26,27,28). The smallest absolute Gasteiger partial charge is 0.243 e. The van der Waals surface area contributed by atoms with Gasteiger partial charge >= 0.3 is 0 Å². The number of hydrogen-bond acceptors (Lipinski definition) is 6. The first-order valence-corrected chi connectivity index (χ1v) is 11.1. The van der Waals surface area contributed by atoms with Gasteiger partial charge in [-0.3, -0.25) is 4.79 Å². The second-order valence-electron chi connectivity index (χ2n) is 8.28. The molecule has 1 aromatic heterocycles. The summed E-state index contributed by atoms with van der Waals surface area (Å²) >= 11 is 0. The van der Waals surface area contributed by atoms with Gasteiger partial charge in [0.2, 0.25) is 11.9 Å². The summed E-state index contributed by atoms with van der Waals surface area (Å²) in [5, 5.41) is 7.11. The number of piperidine rings is 1. The highest BCUT2D eigenvalue weighted by molar-refractivity contribution is 5.85. The van der Waals surface area contributed by atoms with Crippen LogP contribution in [0.5, 0.6) is 5.75 Å². The van der Waals surface area contributed by atoms with Crippen LogP contribution in [0, 0.1) is 0 Å². The van der Waals surface area contributed by atoms with Crippen LogP contribution in [0.4, 0.5) is 5.95 Å². The number of guanidine groups is 1. The number of fused-ring (bicyclic) bond motifs is 1. The number of nitrogens with one attached hydrogen (secondary N) is 2. The molecule has 1 fully saturated rings. The normalized spacial score (nSPS) is 19.0. The fourth-order valence-electron chi connectivity index (χ4n) is 3.95. The number of aromatic nitrogens is 2. The van der Waals surface area contributed by atoms with Gasteiger partial charge in [0, 0.05) is 57.6 Å². The lowest BCUT2D eigenvalue weighted by molar-refractivity contribution is -0.127. The molecule has 2 aliphatic heterocycles. The van der Waals surface area contributed by atoms with Gasteiger partial charge in [-0.15, -0.1) is 0 Å². The molecule has 0 saturated carbocycles. The fourth-order valence-corrected chi connectivity index (χ4v) is 3.95. The molecule has 0 spiro atoms. The van der Waals surface area contributed by atoms with Crippen molar-refractivity contribution in [3.05, 3.63) is 48.3 Å². The highest BCUT2D eigenvalue weighted by Gasteiger charge is 2.25. The van der Waals surface area contributed by atoms with Gasteiger partial charge in [-0.2, -0.15) is 0 Å². The first kappa shape index (κ1) is 21.9. The number of carbonyl (C=O) groups excluding carboxylic acids is 1. The number of amides is 1. The lowest BCUT2D eigenvalue weighted by Crippen LogP contribution is -2.50. The van der Waals surface area contributed by atoms with E-state index in [9.17, 15) is 4.79 Å². The van der Waals surface area contributed by atoms with E-state index in [0.717, 1.165) is 49.6 Å². The molecule has 9 nitrogen and oxygen atoms in total. The van der Waals surface area contributed by atoms with Gasteiger partial charge in [0.25, 0.3) is 0 Å². The summed E-state index contributed by atoms with van der Waals surface area (Å²) in [5.74, 6) is 2.30. The van der Waals surface area contributed by atoms with E-state index in [0.29, 0.717) is 12.6 Å². The summed E-state index contributed by atoms with van der Waals surface area (Å²) in [6.45, 7) is 2.48. The van der Waals surface area contributed by atoms with Crippen LogP contribution < -0.4 is 20.3 Å². The molecule has 1 atom stereocenters. The van der Waals surface area contributed by atoms with Gasteiger partial charge in [0.05, 0.1) is 12.6 Å². The van der Waals surface area contributed by atoms with Crippen molar-refractivity contribution in [3.63, 3.8) is 0 Å². The van der Waals surface area contributed by atoms with Crippen molar-refractivity contribution >= 4 is 17.8 Å².